The summed E-state index contributed by atoms with van der Waals surface area (Å²) >= 11 is 3.47. The second-order valence-electron chi connectivity index (χ2n) is 28.7. The van der Waals surface area contributed by atoms with E-state index in [0.29, 0.717) is 49.2 Å². The summed E-state index contributed by atoms with van der Waals surface area (Å²) in [5.41, 5.74) is 9.80. The molecule has 4 saturated heterocycles. The van der Waals surface area contributed by atoms with Crippen LogP contribution in [0.3, 0.4) is 0 Å². The van der Waals surface area contributed by atoms with Crippen LogP contribution in [0.5, 0.6) is 0 Å². The molecular formula is C81H100BrFN16O12. The first kappa shape index (κ1) is 82.2. The molecule has 4 fully saturated rings. The number of aromatic nitrogens is 8. The number of benzene rings is 4. The van der Waals surface area contributed by atoms with Crippen molar-refractivity contribution in [1.82, 2.24) is 80.7 Å². The maximum absolute atomic E-state index is 13.6. The number of nitrogens with zero attached hydrogens (tertiary/aromatic N) is 8. The zero-order chi connectivity index (χ0) is 81.0. The predicted octanol–water partition coefficient (Wildman–Crippen LogP) is 12.5. The van der Waals surface area contributed by atoms with Gasteiger partial charge < -0.3 is 79.8 Å². The number of likely N-dealkylation sites (tertiary alicyclic amines) is 4. The molecule has 111 heavy (non-hydrogen) atoms. The molecule has 4 aromatic heterocycles. The summed E-state index contributed by atoms with van der Waals surface area (Å²) in [6, 6.07) is 25.0. The Hall–Kier alpha value is -11.3. The van der Waals surface area contributed by atoms with Crippen LogP contribution in [-0.2, 0) is 38.1 Å². The summed E-state index contributed by atoms with van der Waals surface area (Å²) in [4.78, 5) is 139. The molecule has 28 nitrogen and oxygen atoms in total. The highest BCUT2D eigenvalue weighted by Crippen LogP contribution is 2.38. The van der Waals surface area contributed by atoms with Crippen molar-refractivity contribution in [2.45, 2.75) is 155 Å². The number of amides is 8. The van der Waals surface area contributed by atoms with E-state index in [2.05, 4.69) is 120 Å². The first-order valence-corrected chi connectivity index (χ1v) is 37.9. The summed E-state index contributed by atoms with van der Waals surface area (Å²) in [5.74, 6) is 10.8. The molecule has 8 N–H and O–H groups in total. The maximum Gasteiger partial charge on any atom is 0.407 e. The van der Waals surface area contributed by atoms with Crippen molar-refractivity contribution in [3.63, 3.8) is 0 Å². The van der Waals surface area contributed by atoms with Crippen LogP contribution < -0.4 is 21.3 Å². The molecule has 8 heterocycles. The maximum atomic E-state index is 13.6. The average Bonchev–Trinajstić information content (AvgIpc) is 1.65. The van der Waals surface area contributed by atoms with E-state index in [1.54, 1.807) is 22.2 Å². The third kappa shape index (κ3) is 20.6. The molecule has 8 amide bonds. The number of hydrogen-bond donors (Lipinski definition) is 8. The lowest BCUT2D eigenvalue weighted by atomic mass is 10.0. The molecule has 8 aromatic rings. The van der Waals surface area contributed by atoms with Gasteiger partial charge in [-0.15, -0.1) is 6.42 Å². The molecule has 4 aromatic carbocycles. The van der Waals surface area contributed by atoms with Crippen molar-refractivity contribution in [1.29, 1.82) is 0 Å². The third-order valence-electron chi connectivity index (χ3n) is 20.1. The molecule has 12 rings (SSSR count). The van der Waals surface area contributed by atoms with E-state index in [1.165, 1.54) is 28.4 Å². The Kier molecular flexibility index (Phi) is 28.8. The largest absolute Gasteiger partial charge is 0.453 e. The highest BCUT2D eigenvalue weighted by Gasteiger charge is 2.42. The number of carbonyl (C=O) groups is 8. The van der Waals surface area contributed by atoms with Gasteiger partial charge in [0.1, 0.15) is 58.9 Å². The molecule has 0 unspecified atom stereocenters. The minimum atomic E-state index is -1.00. The standard InChI is InChI=1S/C40H48N8O6.C24H27BrN4O3.C16H22N4O3.CH3F/c1-23(2)33(45-39(51)53-5)37(49)47-19-7-9-31(47)35-41-22-28(42-35)17-13-25-11-14-26(15-12-25)27-16-18-29-30(21-27)44-36(43-29)32-10-8-20-48(32)38(50)34(24(3)4)46-40(52)54-6;1-14(2)21(28-24(31)32-3)23(30)29-12-4-5-20(29)22-26-18-11-8-16(13-19(18)27-22)15-6-9-17(25)10-7-15;1-5-11-9-17-14(18-11)12-7-6-8-20(12)15(21)13(10(2)3)19-16(22)23-4;1-2/h11-12,14-16,18,21-24,31-34H,7-10,19-20H2,1-6H3,(H,41,42)(H,43,44)(H,45,51)(H,46,52);6-11,13-14,20-21H,4-5,12H2,1-3H3,(H,26,27)(H,28,31);1,9-10,12-13H,6-8H2,2-4H3,(H,17,18)(H,19,22);1H3/t31-,32-,33-,34-;20-,21-;12-,13-;/m000./s1/i;;;1D. The fourth-order valence-electron chi connectivity index (χ4n) is 14.2. The van der Waals surface area contributed by atoms with E-state index < -0.39 is 55.7 Å². The molecular weight excluding hydrogens is 1490 g/mol. The van der Waals surface area contributed by atoms with Crippen molar-refractivity contribution in [2.24, 2.45) is 23.7 Å². The van der Waals surface area contributed by atoms with Crippen LogP contribution in [0.2, 0.25) is 0 Å². The predicted molar refractivity (Wildman–Crippen MR) is 420 cm³/mol. The number of halogens is 2. The van der Waals surface area contributed by atoms with Gasteiger partial charge in [-0.05, 0) is 152 Å². The number of rotatable bonds is 18. The highest BCUT2D eigenvalue weighted by molar-refractivity contribution is 9.10. The fourth-order valence-corrected chi connectivity index (χ4v) is 14.4. The first-order chi connectivity index (χ1) is 53.7. The van der Waals surface area contributed by atoms with Crippen LogP contribution in [0.4, 0.5) is 23.6 Å². The fraction of sp³-hybridized carbons (Fsp3) is 0.457. The van der Waals surface area contributed by atoms with E-state index in [0.717, 1.165) is 117 Å². The monoisotopic (exact) mass is 1590 g/mol. The van der Waals surface area contributed by atoms with Gasteiger partial charge in [-0.1, -0.05) is 120 Å². The summed E-state index contributed by atoms with van der Waals surface area (Å²) in [6.07, 6.45) is 12.8. The van der Waals surface area contributed by atoms with Gasteiger partial charge in [0.15, 0.2) is 0 Å². The molecule has 0 saturated carbocycles. The number of carbonyl (C=O) groups excluding carboxylic acids is 8. The zero-order valence-electron chi connectivity index (χ0n) is 65.7. The Morgan fingerprint density at radius 2 is 0.775 bits per heavy atom. The molecule has 30 heteroatoms. The number of fused-ring (bicyclic) bond motifs is 2. The number of methoxy groups -OCH3 is 4. The summed E-state index contributed by atoms with van der Waals surface area (Å²) in [5, 5.41) is 10.7. The Morgan fingerprint density at radius 3 is 1.09 bits per heavy atom. The number of terminal acetylenes is 1. The van der Waals surface area contributed by atoms with Crippen LogP contribution >= 0.6 is 15.9 Å². The zero-order valence-corrected chi connectivity index (χ0v) is 66.3. The lowest BCUT2D eigenvalue weighted by Crippen LogP contribution is -2.51. The van der Waals surface area contributed by atoms with Crippen LogP contribution in [-0.4, -0.2) is 193 Å². The van der Waals surface area contributed by atoms with Crippen molar-refractivity contribution >= 4 is 86.0 Å². The molecule has 0 radical (unpaired) electrons. The smallest absolute Gasteiger partial charge is 0.407 e. The van der Waals surface area contributed by atoms with Gasteiger partial charge in [0.05, 0.1) is 95.6 Å². The van der Waals surface area contributed by atoms with E-state index in [9.17, 15) is 42.7 Å². The van der Waals surface area contributed by atoms with E-state index in [4.69, 9.17) is 32.0 Å². The average molecular weight is 1590 g/mol. The van der Waals surface area contributed by atoms with Gasteiger partial charge in [0.2, 0.25) is 23.6 Å². The second kappa shape index (κ2) is 38.9. The number of ether oxygens (including phenoxy) is 4. The number of nitrogens with one attached hydrogen (secondary N) is 8. The minimum Gasteiger partial charge on any atom is -0.453 e. The Bertz CT molecular complexity index is 4700. The number of alkyl halides is 1. The molecule has 0 aliphatic carbocycles. The lowest BCUT2D eigenvalue weighted by Gasteiger charge is -2.29. The number of alkyl carbamates (subject to hydrolysis) is 4. The third-order valence-corrected chi connectivity index (χ3v) is 20.6. The molecule has 4 aliphatic rings. The Balaban J connectivity index is 0.000000209. The highest BCUT2D eigenvalue weighted by atomic mass is 79.9. The second-order valence-corrected chi connectivity index (χ2v) is 29.7. The molecule has 8 atom stereocenters. The van der Waals surface area contributed by atoms with Crippen LogP contribution in [0.15, 0.2) is 102 Å². The number of H-pyrrole nitrogens is 4. The van der Waals surface area contributed by atoms with Gasteiger partial charge in [0, 0.05) is 36.2 Å². The molecule has 4 aliphatic heterocycles. The van der Waals surface area contributed by atoms with Crippen molar-refractivity contribution < 1.29 is 63.1 Å². The number of hydrogen-bond acceptors (Lipinski definition) is 16. The SMILES string of the molecule is C#Cc1cnc([C@@H]2CCCN2C(=O)[C@@H](NC(=O)OC)C(C)C)[nH]1.COC(=O)N[C@H](C(=O)N1CCC[C@H]1c1nc2ccc(-c3ccc(Br)cc3)cc2[nH]1)C(C)C.COC(=O)N[C@H](C(=O)N1CCC[C@H]1c1ncc(C#Cc2ccc(-c3ccc4nc([C@@H]5CCCN5C(=O)[C@@H](NC(=O)OC)C(C)C)[nH]c4c3)cc2)[nH]1)C(C)C.[2H]CF. The van der Waals surface area contributed by atoms with Gasteiger partial charge in [-0.25, -0.2) is 39.1 Å². The van der Waals surface area contributed by atoms with Gasteiger partial charge in [-0.2, -0.15) is 0 Å². The Labute approximate surface area is 655 Å². The van der Waals surface area contributed by atoms with Crippen molar-refractivity contribution in [3.05, 3.63) is 142 Å². The normalized spacial score (nSPS) is 17.7. The molecule has 0 bridgehead atoms. The lowest BCUT2D eigenvalue weighted by molar-refractivity contribution is -0.136. The van der Waals surface area contributed by atoms with Crippen LogP contribution in [0.25, 0.3) is 44.3 Å². The summed E-state index contributed by atoms with van der Waals surface area (Å²) < 4.78 is 35.3. The van der Waals surface area contributed by atoms with E-state index >= 15 is 0 Å². The Morgan fingerprint density at radius 1 is 0.468 bits per heavy atom. The van der Waals surface area contributed by atoms with Crippen molar-refractivity contribution in [3.8, 4) is 46.4 Å². The van der Waals surface area contributed by atoms with Crippen molar-refractivity contribution in [2.75, 3.05) is 61.8 Å². The molecule has 590 valence electrons. The van der Waals surface area contributed by atoms with Gasteiger partial charge in [0.25, 0.3) is 0 Å². The van der Waals surface area contributed by atoms with Gasteiger partial charge in [-0.3, -0.25) is 23.6 Å². The quantitative estimate of drug-likeness (QED) is 0.0292. The van der Waals surface area contributed by atoms with E-state index in [-0.39, 0.29) is 71.5 Å². The van der Waals surface area contributed by atoms with E-state index in [1.807, 2.05) is 120 Å². The topological polar surface area (TPSA) is 349 Å². The number of imidazole rings is 4. The summed E-state index contributed by atoms with van der Waals surface area (Å²) in [7, 11) is 4.14. The van der Waals surface area contributed by atoms with Gasteiger partial charge >= 0.3 is 24.4 Å². The van der Waals surface area contributed by atoms with Crippen LogP contribution in [0, 0.1) is 47.9 Å². The van der Waals surface area contributed by atoms with Crippen LogP contribution in [0.1, 0.15) is 173 Å². The first-order valence-electron chi connectivity index (χ1n) is 37.8. The summed E-state index contributed by atoms with van der Waals surface area (Å²) in [6.45, 7) is 17.6. The minimum absolute atomic E-state index is 0.0549. The number of aromatic amines is 4. The molecule has 0 spiro atoms.